The molecular formula is C20H28N2O5. The third-order valence-corrected chi connectivity index (χ3v) is 3.40. The largest absolute Gasteiger partial charge is 0.467 e. The molecule has 0 aliphatic heterocycles. The van der Waals surface area contributed by atoms with E-state index in [0.717, 1.165) is 5.56 Å². The van der Waals surface area contributed by atoms with Gasteiger partial charge in [-0.3, -0.25) is 4.79 Å². The number of hydrogen-bond donors (Lipinski definition) is 2. The second-order valence-electron chi connectivity index (χ2n) is 7.00. The Hall–Kier alpha value is -2.83. The van der Waals surface area contributed by atoms with Crippen LogP contribution in [0.2, 0.25) is 0 Å². The topological polar surface area (TPSA) is 93.7 Å². The molecule has 7 nitrogen and oxygen atoms in total. The first kappa shape index (κ1) is 22.2. The Balaban J connectivity index is 2.81. The summed E-state index contributed by atoms with van der Waals surface area (Å²) >= 11 is 0. The molecule has 0 aliphatic carbocycles. The Labute approximate surface area is 160 Å². The summed E-state index contributed by atoms with van der Waals surface area (Å²) in [6.45, 7) is 6.71. The molecule has 0 heterocycles. The molecular weight excluding hydrogens is 348 g/mol. The van der Waals surface area contributed by atoms with Crippen LogP contribution < -0.4 is 10.6 Å². The van der Waals surface area contributed by atoms with Crippen LogP contribution in [0.4, 0.5) is 4.79 Å². The van der Waals surface area contributed by atoms with Crippen molar-refractivity contribution in [1.29, 1.82) is 0 Å². The lowest BCUT2D eigenvalue weighted by Crippen LogP contribution is -2.51. The quantitative estimate of drug-likeness (QED) is 0.714. The van der Waals surface area contributed by atoms with Gasteiger partial charge in [-0.25, -0.2) is 9.59 Å². The number of esters is 1. The maximum absolute atomic E-state index is 12.5. The highest BCUT2D eigenvalue weighted by Gasteiger charge is 2.26. The first-order valence-corrected chi connectivity index (χ1v) is 8.71. The van der Waals surface area contributed by atoms with E-state index in [9.17, 15) is 14.4 Å². The minimum absolute atomic E-state index is 0.230. The van der Waals surface area contributed by atoms with Crippen LogP contribution >= 0.6 is 0 Å². The van der Waals surface area contributed by atoms with Crippen LogP contribution in [-0.2, 0) is 19.1 Å². The van der Waals surface area contributed by atoms with E-state index in [1.807, 2.05) is 36.4 Å². The first-order valence-electron chi connectivity index (χ1n) is 8.71. The van der Waals surface area contributed by atoms with Gasteiger partial charge in [0, 0.05) is 0 Å². The molecule has 0 bridgehead atoms. The van der Waals surface area contributed by atoms with Crippen molar-refractivity contribution < 1.29 is 23.9 Å². The molecule has 0 unspecified atom stereocenters. The molecule has 0 radical (unpaired) electrons. The van der Waals surface area contributed by atoms with Crippen LogP contribution in [0, 0.1) is 0 Å². The number of rotatable bonds is 7. The van der Waals surface area contributed by atoms with Crippen molar-refractivity contribution in [1.82, 2.24) is 10.6 Å². The fraction of sp³-hybridized carbons (Fsp3) is 0.450. The van der Waals surface area contributed by atoms with Gasteiger partial charge in [-0.15, -0.1) is 0 Å². The Morgan fingerprint density at radius 3 is 2.30 bits per heavy atom. The third-order valence-electron chi connectivity index (χ3n) is 3.40. The maximum Gasteiger partial charge on any atom is 0.408 e. The average molecular weight is 376 g/mol. The van der Waals surface area contributed by atoms with Gasteiger partial charge in [-0.05, 0) is 39.7 Å². The monoisotopic (exact) mass is 376 g/mol. The zero-order chi connectivity index (χ0) is 20.4. The predicted octanol–water partition coefficient (Wildman–Crippen LogP) is 2.66. The third kappa shape index (κ3) is 8.89. The molecule has 1 aromatic carbocycles. The molecule has 1 aromatic rings. The van der Waals surface area contributed by atoms with Crippen LogP contribution in [0.5, 0.6) is 0 Å². The molecule has 0 aliphatic rings. The maximum atomic E-state index is 12.5. The molecule has 0 saturated heterocycles. The van der Waals surface area contributed by atoms with Gasteiger partial charge in [0.25, 0.3) is 0 Å². The second kappa shape index (κ2) is 10.4. The number of carbonyl (C=O) groups is 3. The standard InChI is InChI=1S/C20H28N2O5/c1-14(18(24)26-5)21-17(23)16(22-19(25)27-20(2,3)4)13-9-12-15-10-7-6-8-11-15/h6-12,14,16H,13H2,1-5H3,(H,21,23)(H,22,25)/b12-9+/t14-,16+/m0/s1. The zero-order valence-electron chi connectivity index (χ0n) is 16.4. The van der Waals surface area contributed by atoms with Gasteiger partial charge in [-0.1, -0.05) is 42.5 Å². The summed E-state index contributed by atoms with van der Waals surface area (Å²) in [6, 6.07) is 7.84. The van der Waals surface area contributed by atoms with Crippen molar-refractivity contribution >= 4 is 24.0 Å². The molecule has 0 spiro atoms. The molecule has 2 atom stereocenters. The lowest BCUT2D eigenvalue weighted by molar-refractivity contribution is -0.144. The predicted molar refractivity (Wildman–Crippen MR) is 103 cm³/mol. The van der Waals surface area contributed by atoms with Crippen molar-refractivity contribution in [3.05, 3.63) is 42.0 Å². The molecule has 27 heavy (non-hydrogen) atoms. The molecule has 0 saturated carbocycles. The molecule has 7 heteroatoms. The van der Waals surface area contributed by atoms with Gasteiger partial charge in [-0.2, -0.15) is 0 Å². The number of carbonyl (C=O) groups excluding carboxylic acids is 3. The van der Waals surface area contributed by atoms with E-state index in [1.54, 1.807) is 26.8 Å². The Kier molecular flexibility index (Phi) is 8.51. The summed E-state index contributed by atoms with van der Waals surface area (Å²) in [4.78, 5) is 36.1. The number of benzene rings is 1. The summed E-state index contributed by atoms with van der Waals surface area (Å²) in [7, 11) is 1.24. The van der Waals surface area contributed by atoms with Crippen LogP contribution in [-0.4, -0.2) is 42.8 Å². The summed E-state index contributed by atoms with van der Waals surface area (Å²) in [5.41, 5.74) is 0.279. The SMILES string of the molecule is COC(=O)[C@H](C)NC(=O)[C@@H](C/C=C/c1ccccc1)NC(=O)OC(C)(C)C. The van der Waals surface area contributed by atoms with Gasteiger partial charge in [0.15, 0.2) is 0 Å². The normalized spacial score (nSPS) is 13.5. The van der Waals surface area contributed by atoms with Crippen molar-refractivity contribution in [2.24, 2.45) is 0 Å². The van der Waals surface area contributed by atoms with Crippen LogP contribution in [0.15, 0.2) is 36.4 Å². The zero-order valence-corrected chi connectivity index (χ0v) is 16.4. The molecule has 148 valence electrons. The minimum atomic E-state index is -0.896. The van der Waals surface area contributed by atoms with E-state index in [0.29, 0.717) is 0 Å². The first-order chi connectivity index (χ1) is 12.6. The summed E-state index contributed by atoms with van der Waals surface area (Å²) < 4.78 is 9.81. The van der Waals surface area contributed by atoms with E-state index in [2.05, 4.69) is 15.4 Å². The highest BCUT2D eigenvalue weighted by molar-refractivity contribution is 5.89. The number of nitrogens with one attached hydrogen (secondary N) is 2. The van der Waals surface area contributed by atoms with E-state index >= 15 is 0 Å². The van der Waals surface area contributed by atoms with Gasteiger partial charge in [0.1, 0.15) is 17.7 Å². The van der Waals surface area contributed by atoms with Crippen molar-refractivity contribution in [2.75, 3.05) is 7.11 Å². The van der Waals surface area contributed by atoms with Crippen LogP contribution in [0.3, 0.4) is 0 Å². The van der Waals surface area contributed by atoms with Crippen LogP contribution in [0.1, 0.15) is 39.7 Å². The minimum Gasteiger partial charge on any atom is -0.467 e. The number of methoxy groups -OCH3 is 1. The lowest BCUT2D eigenvalue weighted by atomic mass is 10.1. The van der Waals surface area contributed by atoms with Gasteiger partial charge in [0.2, 0.25) is 5.91 Å². The van der Waals surface area contributed by atoms with Crippen molar-refractivity contribution in [2.45, 2.75) is 51.8 Å². The summed E-state index contributed by atoms with van der Waals surface area (Å²) in [5.74, 6) is -1.07. The average Bonchev–Trinajstić information content (AvgIpc) is 2.59. The fourth-order valence-electron chi connectivity index (χ4n) is 2.14. The number of ether oxygens (including phenoxy) is 2. The molecule has 2 N–H and O–H groups in total. The van der Waals surface area contributed by atoms with Gasteiger partial charge >= 0.3 is 12.1 Å². The number of alkyl carbamates (subject to hydrolysis) is 1. The fourth-order valence-corrected chi connectivity index (χ4v) is 2.14. The number of amides is 2. The molecule has 0 fully saturated rings. The summed E-state index contributed by atoms with van der Waals surface area (Å²) in [5, 5.41) is 5.08. The number of hydrogen-bond acceptors (Lipinski definition) is 5. The van der Waals surface area contributed by atoms with Crippen LogP contribution in [0.25, 0.3) is 6.08 Å². The van der Waals surface area contributed by atoms with Gasteiger partial charge in [0.05, 0.1) is 7.11 Å². The molecule has 2 amide bonds. The highest BCUT2D eigenvalue weighted by Crippen LogP contribution is 2.08. The Morgan fingerprint density at radius 2 is 1.74 bits per heavy atom. The van der Waals surface area contributed by atoms with Crippen molar-refractivity contribution in [3.63, 3.8) is 0 Å². The van der Waals surface area contributed by atoms with Gasteiger partial charge < -0.3 is 20.1 Å². The highest BCUT2D eigenvalue weighted by atomic mass is 16.6. The smallest absolute Gasteiger partial charge is 0.408 e. The second-order valence-corrected chi connectivity index (χ2v) is 7.00. The molecule has 1 rings (SSSR count). The summed E-state index contributed by atoms with van der Waals surface area (Å²) in [6.07, 6.45) is 3.15. The van der Waals surface area contributed by atoms with E-state index in [-0.39, 0.29) is 6.42 Å². The van der Waals surface area contributed by atoms with E-state index < -0.39 is 35.7 Å². The Morgan fingerprint density at radius 1 is 1.11 bits per heavy atom. The Bertz CT molecular complexity index is 665. The van der Waals surface area contributed by atoms with E-state index in [4.69, 9.17) is 4.74 Å². The lowest BCUT2D eigenvalue weighted by Gasteiger charge is -2.23. The molecule has 0 aromatic heterocycles. The van der Waals surface area contributed by atoms with Crippen molar-refractivity contribution in [3.8, 4) is 0 Å². The van der Waals surface area contributed by atoms with E-state index in [1.165, 1.54) is 14.0 Å².